The van der Waals surface area contributed by atoms with E-state index in [4.69, 9.17) is 27.9 Å². The molecular formula is C26H21Cl2N3O6S. The number of phenols is 1. The highest BCUT2D eigenvalue weighted by atomic mass is 35.5. The summed E-state index contributed by atoms with van der Waals surface area (Å²) in [4.78, 5) is 12.7. The van der Waals surface area contributed by atoms with Crippen molar-refractivity contribution in [1.82, 2.24) is 0 Å². The maximum absolute atomic E-state index is 13.3. The van der Waals surface area contributed by atoms with Crippen LogP contribution in [0.5, 0.6) is 11.5 Å². The normalized spacial score (nSPS) is 11.7. The van der Waals surface area contributed by atoms with Crippen LogP contribution in [0, 0.1) is 6.92 Å². The van der Waals surface area contributed by atoms with Gasteiger partial charge in [-0.15, -0.1) is 10.2 Å². The first-order chi connectivity index (χ1) is 18.0. The summed E-state index contributed by atoms with van der Waals surface area (Å²) in [5, 5.41) is 23.4. The van der Waals surface area contributed by atoms with Crippen molar-refractivity contribution in [3.05, 3.63) is 81.8 Å². The highest BCUT2D eigenvalue weighted by Gasteiger charge is 2.21. The van der Waals surface area contributed by atoms with E-state index in [2.05, 4.69) is 15.5 Å². The Morgan fingerprint density at radius 1 is 1.05 bits per heavy atom. The molecule has 0 saturated carbocycles. The van der Waals surface area contributed by atoms with Gasteiger partial charge < -0.3 is 15.2 Å². The molecule has 0 radical (unpaired) electrons. The molecule has 4 aromatic carbocycles. The highest BCUT2D eigenvalue weighted by molar-refractivity contribution is 7.86. The van der Waals surface area contributed by atoms with Gasteiger partial charge in [-0.25, -0.2) is 0 Å². The quantitative estimate of drug-likeness (QED) is 0.155. The van der Waals surface area contributed by atoms with E-state index in [0.29, 0.717) is 39.4 Å². The van der Waals surface area contributed by atoms with Crippen LogP contribution >= 0.6 is 23.2 Å². The molecule has 12 heteroatoms. The fourth-order valence-corrected chi connectivity index (χ4v) is 4.73. The summed E-state index contributed by atoms with van der Waals surface area (Å²) in [5.74, 6) is -0.779. The second-order valence-electron chi connectivity index (χ2n) is 8.11. The van der Waals surface area contributed by atoms with Gasteiger partial charge in [0.15, 0.2) is 5.75 Å². The van der Waals surface area contributed by atoms with Crippen molar-refractivity contribution in [3.8, 4) is 11.5 Å². The fraction of sp³-hybridized carbons (Fsp3) is 0.115. The van der Waals surface area contributed by atoms with Crippen LogP contribution in [0.4, 0.5) is 17.1 Å². The third kappa shape index (κ3) is 5.73. The number of aryl methyl sites for hydroxylation is 1. The van der Waals surface area contributed by atoms with Crippen LogP contribution in [0.15, 0.2) is 75.8 Å². The van der Waals surface area contributed by atoms with E-state index < -0.39 is 26.7 Å². The van der Waals surface area contributed by atoms with Crippen molar-refractivity contribution in [2.75, 3.05) is 11.9 Å². The van der Waals surface area contributed by atoms with Gasteiger partial charge in [-0.05, 0) is 61.2 Å². The van der Waals surface area contributed by atoms with Gasteiger partial charge in [0.05, 0.1) is 17.9 Å². The van der Waals surface area contributed by atoms with Crippen LogP contribution in [-0.2, 0) is 10.1 Å². The molecule has 0 aliphatic rings. The predicted molar refractivity (Wildman–Crippen MR) is 146 cm³/mol. The molecule has 4 rings (SSSR count). The number of amides is 1. The second kappa shape index (κ2) is 11.0. The number of phenolic OH excluding ortho intramolecular Hbond substituents is 1. The highest BCUT2D eigenvalue weighted by Crippen LogP contribution is 2.41. The number of nitrogens with zero attached hydrogens (tertiary/aromatic N) is 2. The average Bonchev–Trinajstić information content (AvgIpc) is 2.86. The first-order valence-corrected chi connectivity index (χ1v) is 13.4. The molecule has 4 aromatic rings. The number of hydrogen-bond acceptors (Lipinski definition) is 7. The minimum atomic E-state index is -4.69. The summed E-state index contributed by atoms with van der Waals surface area (Å²) in [5.41, 5.74) is 0.380. The number of fused-ring (bicyclic) bond motifs is 1. The largest absolute Gasteiger partial charge is 0.505 e. The molecule has 196 valence electrons. The van der Waals surface area contributed by atoms with E-state index in [0.717, 1.165) is 6.07 Å². The first-order valence-electron chi connectivity index (χ1n) is 11.2. The number of carbonyl (C=O) groups excluding carboxylic acids is 1. The summed E-state index contributed by atoms with van der Waals surface area (Å²) in [6, 6.07) is 15.4. The van der Waals surface area contributed by atoms with Crippen LogP contribution in [-0.4, -0.2) is 30.6 Å². The van der Waals surface area contributed by atoms with Crippen LogP contribution in [0.1, 0.15) is 22.8 Å². The number of benzene rings is 4. The van der Waals surface area contributed by atoms with Gasteiger partial charge in [0.1, 0.15) is 22.0 Å². The molecule has 0 spiro atoms. The zero-order valence-corrected chi connectivity index (χ0v) is 22.4. The fourth-order valence-electron chi connectivity index (χ4n) is 3.70. The van der Waals surface area contributed by atoms with Gasteiger partial charge in [-0.3, -0.25) is 9.35 Å². The van der Waals surface area contributed by atoms with Crippen LogP contribution in [0.2, 0.25) is 10.0 Å². The number of ether oxygens (including phenoxy) is 1. The molecule has 3 N–H and O–H groups in total. The Labute approximate surface area is 228 Å². The molecule has 1 amide bonds. The molecule has 38 heavy (non-hydrogen) atoms. The lowest BCUT2D eigenvalue weighted by Gasteiger charge is -2.14. The molecule has 0 aliphatic heterocycles. The molecule has 0 unspecified atom stereocenters. The topological polar surface area (TPSA) is 138 Å². The van der Waals surface area contributed by atoms with Crippen molar-refractivity contribution in [2.45, 2.75) is 18.7 Å². The van der Waals surface area contributed by atoms with Crippen molar-refractivity contribution < 1.29 is 27.6 Å². The summed E-state index contributed by atoms with van der Waals surface area (Å²) in [6.07, 6.45) is 0. The molecule has 0 fully saturated rings. The zero-order chi connectivity index (χ0) is 27.6. The standard InChI is InChI=1S/C26H21Cl2N3O6S/c1-3-37-22-9-8-16(27)12-20(22)29-26(33)18-11-15-6-4-5-7-17(15)24(25(18)32)31-30-21-10-14(2)19(28)13-23(21)38(34,35)36/h4-13,32H,3H2,1-2H3,(H,29,33)(H,34,35,36). The van der Waals surface area contributed by atoms with Gasteiger partial charge in [0.2, 0.25) is 0 Å². The number of halogens is 2. The maximum atomic E-state index is 13.3. The molecule has 0 atom stereocenters. The molecule has 0 saturated heterocycles. The molecule has 0 aromatic heterocycles. The Morgan fingerprint density at radius 3 is 2.50 bits per heavy atom. The smallest absolute Gasteiger partial charge is 0.296 e. The first kappa shape index (κ1) is 27.3. The Balaban J connectivity index is 1.83. The Kier molecular flexibility index (Phi) is 7.89. The van der Waals surface area contributed by atoms with E-state index in [9.17, 15) is 22.9 Å². The SMILES string of the molecule is CCOc1ccc(Cl)cc1NC(=O)c1cc2ccccc2c(N=Nc2cc(C)c(Cl)cc2S(=O)(=O)O)c1O. The van der Waals surface area contributed by atoms with E-state index >= 15 is 0 Å². The third-order valence-electron chi connectivity index (χ3n) is 5.51. The summed E-state index contributed by atoms with van der Waals surface area (Å²) < 4.78 is 39.0. The maximum Gasteiger partial charge on any atom is 0.296 e. The molecular weight excluding hydrogens is 553 g/mol. The summed E-state index contributed by atoms with van der Waals surface area (Å²) >= 11 is 12.1. The average molecular weight is 574 g/mol. The zero-order valence-electron chi connectivity index (χ0n) is 20.1. The monoisotopic (exact) mass is 573 g/mol. The van der Waals surface area contributed by atoms with Crippen LogP contribution < -0.4 is 10.1 Å². The van der Waals surface area contributed by atoms with Crippen LogP contribution in [0.25, 0.3) is 10.8 Å². The minimum absolute atomic E-state index is 0.0849. The van der Waals surface area contributed by atoms with Gasteiger partial charge in [0.25, 0.3) is 16.0 Å². The van der Waals surface area contributed by atoms with Crippen molar-refractivity contribution in [3.63, 3.8) is 0 Å². The summed E-state index contributed by atoms with van der Waals surface area (Å²) in [7, 11) is -4.69. The van der Waals surface area contributed by atoms with E-state index in [-0.39, 0.29) is 22.0 Å². The number of rotatable bonds is 7. The molecule has 0 aliphatic carbocycles. The van der Waals surface area contributed by atoms with Crippen molar-refractivity contribution in [2.24, 2.45) is 10.2 Å². The Morgan fingerprint density at radius 2 is 1.79 bits per heavy atom. The Hall–Kier alpha value is -3.70. The predicted octanol–water partition coefficient (Wildman–Crippen LogP) is 7.47. The van der Waals surface area contributed by atoms with E-state index in [1.807, 2.05) is 0 Å². The van der Waals surface area contributed by atoms with Crippen molar-refractivity contribution >= 4 is 67.1 Å². The molecule has 0 bridgehead atoms. The Bertz CT molecular complexity index is 1710. The number of hydrogen-bond donors (Lipinski definition) is 3. The number of nitrogens with one attached hydrogen (secondary N) is 1. The van der Waals surface area contributed by atoms with E-state index in [1.54, 1.807) is 50.2 Å². The second-order valence-corrected chi connectivity index (χ2v) is 10.3. The minimum Gasteiger partial charge on any atom is -0.505 e. The van der Waals surface area contributed by atoms with E-state index in [1.165, 1.54) is 18.2 Å². The van der Waals surface area contributed by atoms with Crippen molar-refractivity contribution in [1.29, 1.82) is 0 Å². The van der Waals surface area contributed by atoms with Crippen LogP contribution in [0.3, 0.4) is 0 Å². The number of azo groups is 1. The number of anilines is 1. The van der Waals surface area contributed by atoms with Gasteiger partial charge in [-0.2, -0.15) is 8.42 Å². The third-order valence-corrected chi connectivity index (χ3v) is 7.03. The lowest BCUT2D eigenvalue weighted by Crippen LogP contribution is -2.13. The number of carbonyl (C=O) groups is 1. The lowest BCUT2D eigenvalue weighted by molar-refractivity contribution is 0.102. The molecule has 0 heterocycles. The van der Waals surface area contributed by atoms with Gasteiger partial charge in [-0.1, -0.05) is 47.5 Å². The van der Waals surface area contributed by atoms with Gasteiger partial charge in [0, 0.05) is 15.4 Å². The van der Waals surface area contributed by atoms with Gasteiger partial charge >= 0.3 is 0 Å². The number of aromatic hydroxyl groups is 1. The summed E-state index contributed by atoms with van der Waals surface area (Å²) in [6.45, 7) is 3.77. The molecule has 9 nitrogen and oxygen atoms in total. The lowest BCUT2D eigenvalue weighted by atomic mass is 10.0.